The van der Waals surface area contributed by atoms with Gasteiger partial charge in [-0.15, -0.1) is 0 Å². The molecule has 2 unspecified atom stereocenters. The van der Waals surface area contributed by atoms with E-state index in [1.807, 2.05) is 12.1 Å². The van der Waals surface area contributed by atoms with Gasteiger partial charge in [-0.25, -0.2) is 10.2 Å². The molecule has 4 N–H and O–H groups in total. The van der Waals surface area contributed by atoms with E-state index in [4.69, 9.17) is 14.0 Å². The summed E-state index contributed by atoms with van der Waals surface area (Å²) in [4.78, 5) is 24.4. The molecular weight excluding hydrogens is 607 g/mol. The van der Waals surface area contributed by atoms with Crippen molar-refractivity contribution < 1.29 is 38.4 Å². The molecule has 2 aromatic carbocycles. The molecule has 0 aliphatic carbocycles. The van der Waals surface area contributed by atoms with Crippen LogP contribution < -0.4 is 14.9 Å². The van der Waals surface area contributed by atoms with Crippen molar-refractivity contribution in [3.05, 3.63) is 46.5 Å². The van der Waals surface area contributed by atoms with Crippen molar-refractivity contribution in [2.45, 2.75) is 125 Å². The molecule has 0 saturated heterocycles. The molecule has 0 aliphatic heterocycles. The van der Waals surface area contributed by atoms with Gasteiger partial charge >= 0.3 is 19.6 Å². The zero-order chi connectivity index (χ0) is 35.1. The van der Waals surface area contributed by atoms with Crippen LogP contribution in [-0.4, -0.2) is 47.1 Å². The number of phenolic OH excluding ortho intramolecular Hbond substituents is 1. The van der Waals surface area contributed by atoms with Gasteiger partial charge in [0.05, 0.1) is 6.61 Å². The third-order valence-electron chi connectivity index (χ3n) is 8.15. The van der Waals surface area contributed by atoms with Crippen LogP contribution in [0.5, 0.6) is 11.5 Å². The Kier molecular flexibility index (Phi) is 13.9. The summed E-state index contributed by atoms with van der Waals surface area (Å²) in [5.74, 6) is -0.606. The molecule has 0 heterocycles. The van der Waals surface area contributed by atoms with Gasteiger partial charge in [0.15, 0.2) is 6.79 Å². The third kappa shape index (κ3) is 9.57. The number of hydrogen-bond acceptors (Lipinski definition) is 7. The molecule has 46 heavy (non-hydrogen) atoms. The van der Waals surface area contributed by atoms with E-state index in [0.717, 1.165) is 33.4 Å². The lowest BCUT2D eigenvalue weighted by atomic mass is 9.86. The van der Waals surface area contributed by atoms with Crippen LogP contribution in [0, 0.1) is 0 Å². The second kappa shape index (κ2) is 16.3. The maximum Gasteiger partial charge on any atom is 0.345 e. The minimum Gasteiger partial charge on any atom is -0.507 e. The largest absolute Gasteiger partial charge is 0.507 e. The predicted molar refractivity (Wildman–Crippen MR) is 183 cm³/mol. The Labute approximate surface area is 275 Å². The lowest BCUT2D eigenvalue weighted by molar-refractivity contribution is -0.144. The van der Waals surface area contributed by atoms with Gasteiger partial charge in [0.1, 0.15) is 23.1 Å². The average Bonchev–Trinajstić information content (AvgIpc) is 2.96. The number of carboxylic acid groups (broad SMARTS) is 1. The topological polar surface area (TPSA) is 143 Å². The van der Waals surface area contributed by atoms with Gasteiger partial charge in [-0.2, -0.15) is 0 Å². The lowest BCUT2D eigenvalue weighted by Crippen LogP contribution is -2.51. The van der Waals surface area contributed by atoms with Crippen LogP contribution in [0.25, 0.3) is 11.1 Å². The molecule has 3 atom stereocenters. The summed E-state index contributed by atoms with van der Waals surface area (Å²) in [5, 5.41) is 26.1. The van der Waals surface area contributed by atoms with Crippen molar-refractivity contribution in [3.8, 4) is 22.6 Å². The van der Waals surface area contributed by atoms with Gasteiger partial charge in [0, 0.05) is 0 Å². The summed E-state index contributed by atoms with van der Waals surface area (Å²) >= 11 is 0. The van der Waals surface area contributed by atoms with Crippen molar-refractivity contribution in [1.82, 2.24) is 10.2 Å². The van der Waals surface area contributed by atoms with Crippen molar-refractivity contribution in [2.75, 3.05) is 13.4 Å². The number of aromatic hydroxyl groups is 1. The van der Waals surface area contributed by atoms with E-state index in [2.05, 4.69) is 77.7 Å². The fourth-order valence-electron chi connectivity index (χ4n) is 5.03. The number of aliphatic carboxylic acids is 1. The molecule has 0 spiro atoms. The van der Waals surface area contributed by atoms with E-state index >= 15 is 0 Å². The molecule has 0 saturated carbocycles. The van der Waals surface area contributed by atoms with Gasteiger partial charge in [-0.3, -0.25) is 18.7 Å². The summed E-state index contributed by atoms with van der Waals surface area (Å²) in [5.41, 5.74) is 3.97. The van der Waals surface area contributed by atoms with E-state index < -0.39 is 38.0 Å². The summed E-state index contributed by atoms with van der Waals surface area (Å²) in [7, 11) is -4.18. The number of benzene rings is 2. The van der Waals surface area contributed by atoms with Crippen molar-refractivity contribution in [1.29, 1.82) is 0 Å². The van der Waals surface area contributed by atoms with Crippen LogP contribution in [0.15, 0.2) is 24.3 Å². The monoisotopic (exact) mass is 662 g/mol. The molecule has 258 valence electrons. The standard InChI is InChI=1S/C35H55N2O8P/c1-13-35(12,34(40)41)37-46(42,36-24(11)33(39)43-14-2)45-19-44-32-29(22(7)8)17-26(18-30(32)23(9)10)25-15-27(20(3)4)31(38)28(16-25)21(5)6/h15-18,20-24,38H,13-14,19H2,1-12H3,(H,40,41)(H2,36,37,42)/t24-,35?,46?/m0/s1. The first kappa shape index (κ1) is 39.3. The molecule has 0 bridgehead atoms. The van der Waals surface area contributed by atoms with E-state index in [1.165, 1.54) is 13.8 Å². The van der Waals surface area contributed by atoms with Gasteiger partial charge in [0.25, 0.3) is 0 Å². The van der Waals surface area contributed by atoms with E-state index in [1.54, 1.807) is 13.8 Å². The number of esters is 1. The minimum atomic E-state index is -4.18. The second-order valence-corrected chi connectivity index (χ2v) is 15.1. The highest BCUT2D eigenvalue weighted by molar-refractivity contribution is 7.54. The normalized spacial score (nSPS) is 15.2. The Bertz CT molecular complexity index is 1360. The van der Waals surface area contributed by atoms with E-state index in [9.17, 15) is 24.4 Å². The predicted octanol–water partition coefficient (Wildman–Crippen LogP) is 8.40. The molecule has 0 radical (unpaired) electrons. The number of carbonyl (C=O) groups is 2. The van der Waals surface area contributed by atoms with Gasteiger partial charge in [-0.1, -0.05) is 62.3 Å². The summed E-state index contributed by atoms with van der Waals surface area (Å²) in [6, 6.07) is 7.19. The number of carboxylic acids is 1. The van der Waals surface area contributed by atoms with Crippen LogP contribution in [0.1, 0.15) is 135 Å². The Morgan fingerprint density at radius 1 is 0.826 bits per heavy atom. The lowest BCUT2D eigenvalue weighted by Gasteiger charge is -2.32. The molecular formula is C35H55N2O8P. The fraction of sp³-hybridized carbons (Fsp3) is 0.600. The quantitative estimate of drug-likeness (QED) is 0.0741. The molecule has 0 aliphatic rings. The molecule has 0 fully saturated rings. The summed E-state index contributed by atoms with van der Waals surface area (Å²) < 4.78 is 31.1. The highest BCUT2D eigenvalue weighted by Crippen LogP contribution is 2.45. The Morgan fingerprint density at radius 3 is 1.63 bits per heavy atom. The number of rotatable bonds is 17. The highest BCUT2D eigenvalue weighted by Gasteiger charge is 2.41. The van der Waals surface area contributed by atoms with Crippen molar-refractivity contribution in [2.24, 2.45) is 0 Å². The average molecular weight is 663 g/mol. The zero-order valence-corrected chi connectivity index (χ0v) is 30.5. The fourth-order valence-corrected chi connectivity index (χ4v) is 6.96. The van der Waals surface area contributed by atoms with E-state index in [0.29, 0.717) is 11.5 Å². The second-order valence-electron chi connectivity index (χ2n) is 13.3. The van der Waals surface area contributed by atoms with Crippen LogP contribution in [0.3, 0.4) is 0 Å². The number of ether oxygens (including phenoxy) is 2. The van der Waals surface area contributed by atoms with Gasteiger partial charge in [0.2, 0.25) is 0 Å². The maximum absolute atomic E-state index is 14.1. The molecule has 11 heteroatoms. The van der Waals surface area contributed by atoms with Crippen LogP contribution in [0.4, 0.5) is 0 Å². The highest BCUT2D eigenvalue weighted by atomic mass is 31.2. The Hall–Kier alpha value is -2.91. The first-order valence-corrected chi connectivity index (χ1v) is 17.8. The van der Waals surface area contributed by atoms with Crippen LogP contribution in [0.2, 0.25) is 0 Å². The zero-order valence-electron chi connectivity index (χ0n) is 29.6. The number of nitrogens with one attached hydrogen (secondary N) is 2. The van der Waals surface area contributed by atoms with E-state index in [-0.39, 0.29) is 36.7 Å². The number of carbonyl (C=O) groups excluding carboxylic acids is 1. The van der Waals surface area contributed by atoms with Crippen molar-refractivity contribution >= 4 is 19.6 Å². The molecule has 10 nitrogen and oxygen atoms in total. The van der Waals surface area contributed by atoms with Crippen LogP contribution in [-0.2, 0) is 23.4 Å². The Balaban J connectivity index is 2.59. The van der Waals surface area contributed by atoms with Gasteiger partial charge in [-0.05, 0) is 109 Å². The SMILES string of the molecule is CCOC(=O)[C@H](C)NP(=O)(NC(C)(CC)C(=O)O)OCOc1c(C(C)C)cc(-c2cc(C(C)C)c(O)c(C(C)C)c2)cc1C(C)C. The smallest absolute Gasteiger partial charge is 0.345 e. The third-order valence-corrected chi connectivity index (χ3v) is 10.1. The molecule has 2 rings (SSSR count). The first-order chi connectivity index (χ1) is 21.3. The summed E-state index contributed by atoms with van der Waals surface area (Å²) in [6.07, 6.45) is 0.0940. The molecule has 0 amide bonds. The Morgan fingerprint density at radius 2 is 1.26 bits per heavy atom. The maximum atomic E-state index is 14.1. The van der Waals surface area contributed by atoms with Gasteiger partial charge < -0.3 is 19.7 Å². The van der Waals surface area contributed by atoms with Crippen molar-refractivity contribution in [3.63, 3.8) is 0 Å². The minimum absolute atomic E-state index is 0.0426. The molecule has 2 aromatic rings. The molecule has 0 aromatic heterocycles. The first-order valence-electron chi connectivity index (χ1n) is 16.2. The number of hydrogen-bond donors (Lipinski definition) is 4. The number of phenols is 1. The summed E-state index contributed by atoms with van der Waals surface area (Å²) in [6.45, 7) is 22.3. The van der Waals surface area contributed by atoms with Crippen LogP contribution >= 0.6 is 7.67 Å².